The summed E-state index contributed by atoms with van der Waals surface area (Å²) in [7, 11) is 0. The molecule has 0 aromatic heterocycles. The maximum Gasteiger partial charge on any atom is 0.408 e. The van der Waals surface area contributed by atoms with Gasteiger partial charge in [0, 0.05) is 37.8 Å². The molecule has 2 heterocycles. The van der Waals surface area contributed by atoms with E-state index in [0.717, 1.165) is 24.2 Å². The monoisotopic (exact) mass is 595 g/mol. The van der Waals surface area contributed by atoms with Crippen LogP contribution in [0.5, 0.6) is 0 Å². The van der Waals surface area contributed by atoms with E-state index >= 15 is 0 Å². The van der Waals surface area contributed by atoms with Crippen LogP contribution >= 0.6 is 0 Å². The summed E-state index contributed by atoms with van der Waals surface area (Å²) in [5.74, 6) is -4.45. The molecule has 1 saturated carbocycles. The number of nitrogens with zero attached hydrogens (tertiary/aromatic N) is 1. The van der Waals surface area contributed by atoms with Gasteiger partial charge < -0.3 is 31.3 Å². The van der Waals surface area contributed by atoms with Crippen molar-refractivity contribution in [3.63, 3.8) is 0 Å². The molecular formula is C29H43F2N5O6. The van der Waals surface area contributed by atoms with Crippen molar-refractivity contribution in [1.29, 1.82) is 0 Å². The fourth-order valence-electron chi connectivity index (χ4n) is 5.79. The maximum atomic E-state index is 15.0. The third-order valence-corrected chi connectivity index (χ3v) is 8.03. The van der Waals surface area contributed by atoms with Gasteiger partial charge in [-0.1, -0.05) is 19.3 Å². The van der Waals surface area contributed by atoms with Crippen molar-refractivity contribution < 1.29 is 37.5 Å². The number of alkyl carbamates (subject to hydrolysis) is 1. The number of likely N-dealkylation sites (tertiary alicyclic amines) is 1. The van der Waals surface area contributed by atoms with Crippen molar-refractivity contribution in [3.05, 3.63) is 0 Å². The molecule has 2 aliphatic heterocycles. The molecule has 0 bridgehead atoms. The van der Waals surface area contributed by atoms with Crippen molar-refractivity contribution in [2.24, 2.45) is 17.6 Å². The molecule has 3 rings (SSSR count). The van der Waals surface area contributed by atoms with E-state index in [1.807, 2.05) is 0 Å². The Kier molecular flexibility index (Phi) is 10.8. The Bertz CT molecular complexity index is 1080. The Morgan fingerprint density at radius 1 is 1.12 bits per heavy atom. The number of nitrogens with two attached hydrogens (primary N) is 1. The number of carbonyl (C=O) groups is 5. The standard InChI is InChI=1S/C29H43F2N5O6/c1-5-8-19-15-29(30,31)16-22(25(39)34-20(23(32)37)14-18-11-7-12-33-24(18)38)36(19)26(40)21(13-17-9-6-10-17)35-27(41)42-28(2,3)4/h1,17-22H,6-16H2,2-4H3,(H2,32,37)(H,33,38)(H,34,39)(H,35,41)/t18-,19-,20-,21-,22-/m0/s1. The number of primary amides is 1. The van der Waals surface area contributed by atoms with Gasteiger partial charge in [0.2, 0.25) is 23.6 Å². The SMILES string of the molecule is C#CC[C@H]1CC(F)(F)C[C@@H](C(=O)N[C@@H](C[C@@H]2CCCNC2=O)C(N)=O)N1C(=O)[C@H](CC1CCC1)NC(=O)OC(C)(C)C. The van der Waals surface area contributed by atoms with Gasteiger partial charge in [0.25, 0.3) is 5.92 Å². The van der Waals surface area contributed by atoms with Gasteiger partial charge in [-0.25, -0.2) is 13.6 Å². The predicted octanol–water partition coefficient (Wildman–Crippen LogP) is 1.97. The second kappa shape index (κ2) is 13.7. The summed E-state index contributed by atoms with van der Waals surface area (Å²) < 4.78 is 35.3. The fraction of sp³-hybridized carbons (Fsp3) is 0.759. The molecule has 5 atom stereocenters. The van der Waals surface area contributed by atoms with Crippen molar-refractivity contribution in [1.82, 2.24) is 20.9 Å². The Morgan fingerprint density at radius 3 is 2.36 bits per heavy atom. The summed E-state index contributed by atoms with van der Waals surface area (Å²) in [6.07, 6.45) is 6.52. The van der Waals surface area contributed by atoms with E-state index in [1.54, 1.807) is 20.8 Å². The molecular weight excluding hydrogens is 552 g/mol. The lowest BCUT2D eigenvalue weighted by molar-refractivity contribution is -0.161. The van der Waals surface area contributed by atoms with Crippen LogP contribution < -0.4 is 21.7 Å². The molecule has 234 valence electrons. The normalized spacial score (nSPS) is 25.6. The molecule has 42 heavy (non-hydrogen) atoms. The number of carbonyl (C=O) groups excluding carboxylic acids is 5. The quantitative estimate of drug-likeness (QED) is 0.283. The molecule has 13 heteroatoms. The zero-order chi connectivity index (χ0) is 31.2. The first-order chi connectivity index (χ1) is 19.6. The second-order valence-corrected chi connectivity index (χ2v) is 12.6. The number of hydrogen-bond acceptors (Lipinski definition) is 6. The van der Waals surface area contributed by atoms with Gasteiger partial charge in [0.15, 0.2) is 0 Å². The summed E-state index contributed by atoms with van der Waals surface area (Å²) in [6, 6.07) is -5.38. The van der Waals surface area contributed by atoms with Gasteiger partial charge in [-0.15, -0.1) is 12.3 Å². The van der Waals surface area contributed by atoms with E-state index in [1.165, 1.54) is 0 Å². The molecule has 0 aromatic carbocycles. The van der Waals surface area contributed by atoms with E-state index in [2.05, 4.69) is 21.9 Å². The van der Waals surface area contributed by atoms with Crippen LogP contribution in [0, 0.1) is 24.2 Å². The van der Waals surface area contributed by atoms with Crippen LogP contribution in [0.2, 0.25) is 0 Å². The smallest absolute Gasteiger partial charge is 0.408 e. The predicted molar refractivity (Wildman–Crippen MR) is 149 cm³/mol. The molecule has 5 N–H and O–H groups in total. The minimum Gasteiger partial charge on any atom is -0.444 e. The van der Waals surface area contributed by atoms with Crippen LogP contribution in [0.4, 0.5) is 13.6 Å². The molecule has 0 spiro atoms. The summed E-state index contributed by atoms with van der Waals surface area (Å²) in [5.41, 5.74) is 4.68. The zero-order valence-corrected chi connectivity index (χ0v) is 24.5. The zero-order valence-electron chi connectivity index (χ0n) is 24.5. The van der Waals surface area contributed by atoms with Crippen LogP contribution in [0.25, 0.3) is 0 Å². The highest BCUT2D eigenvalue weighted by Gasteiger charge is 2.51. The van der Waals surface area contributed by atoms with Crippen LogP contribution in [0.3, 0.4) is 0 Å². The van der Waals surface area contributed by atoms with Gasteiger partial charge >= 0.3 is 6.09 Å². The Hall–Kier alpha value is -3.43. The Balaban J connectivity index is 1.90. The van der Waals surface area contributed by atoms with Gasteiger partial charge in [-0.2, -0.15) is 0 Å². The first-order valence-electron chi connectivity index (χ1n) is 14.6. The highest BCUT2D eigenvalue weighted by molar-refractivity contribution is 5.94. The second-order valence-electron chi connectivity index (χ2n) is 12.6. The number of piperidine rings is 2. The lowest BCUT2D eigenvalue weighted by Gasteiger charge is -2.45. The third kappa shape index (κ3) is 9.03. The van der Waals surface area contributed by atoms with Crippen molar-refractivity contribution in [2.45, 2.75) is 121 Å². The Morgan fingerprint density at radius 2 is 1.81 bits per heavy atom. The van der Waals surface area contributed by atoms with E-state index in [0.29, 0.717) is 19.4 Å². The number of rotatable bonds is 10. The fourth-order valence-corrected chi connectivity index (χ4v) is 5.79. The number of terminal acetylenes is 1. The number of amides is 5. The van der Waals surface area contributed by atoms with Crippen LogP contribution in [-0.4, -0.2) is 76.9 Å². The summed E-state index contributed by atoms with van der Waals surface area (Å²) in [4.78, 5) is 65.9. The number of alkyl halides is 2. The molecule has 5 amide bonds. The Labute approximate surface area is 245 Å². The highest BCUT2D eigenvalue weighted by atomic mass is 19.3. The summed E-state index contributed by atoms with van der Waals surface area (Å²) in [6.45, 7) is 5.49. The first-order valence-corrected chi connectivity index (χ1v) is 14.6. The van der Waals surface area contributed by atoms with Gasteiger partial charge in [-0.05, 0) is 52.4 Å². The summed E-state index contributed by atoms with van der Waals surface area (Å²) >= 11 is 0. The van der Waals surface area contributed by atoms with E-state index in [4.69, 9.17) is 16.9 Å². The van der Waals surface area contributed by atoms with Gasteiger partial charge in [0.05, 0.1) is 0 Å². The topological polar surface area (TPSA) is 160 Å². The van der Waals surface area contributed by atoms with Crippen LogP contribution in [0.1, 0.15) is 85.0 Å². The number of ether oxygens (including phenoxy) is 1. The molecule has 1 aliphatic carbocycles. The number of halogens is 2. The maximum absolute atomic E-state index is 15.0. The molecule has 2 saturated heterocycles. The molecule has 0 aromatic rings. The largest absolute Gasteiger partial charge is 0.444 e. The first kappa shape index (κ1) is 33.1. The minimum absolute atomic E-state index is 0.109. The molecule has 3 fully saturated rings. The lowest BCUT2D eigenvalue weighted by Crippen LogP contribution is -2.65. The third-order valence-electron chi connectivity index (χ3n) is 8.03. The van der Waals surface area contributed by atoms with E-state index < -0.39 is 78.3 Å². The van der Waals surface area contributed by atoms with Crippen molar-refractivity contribution >= 4 is 29.7 Å². The van der Waals surface area contributed by atoms with Crippen molar-refractivity contribution in [2.75, 3.05) is 6.54 Å². The average molecular weight is 596 g/mol. The van der Waals surface area contributed by atoms with E-state index in [-0.39, 0.29) is 31.1 Å². The molecule has 0 radical (unpaired) electrons. The molecule has 11 nitrogen and oxygen atoms in total. The number of hydrogen-bond donors (Lipinski definition) is 4. The van der Waals surface area contributed by atoms with Crippen LogP contribution in [-0.2, 0) is 23.9 Å². The van der Waals surface area contributed by atoms with Gasteiger partial charge in [0.1, 0.15) is 23.7 Å². The van der Waals surface area contributed by atoms with Gasteiger partial charge in [-0.3, -0.25) is 19.2 Å². The highest BCUT2D eigenvalue weighted by Crippen LogP contribution is 2.38. The molecule has 3 aliphatic rings. The van der Waals surface area contributed by atoms with Crippen molar-refractivity contribution in [3.8, 4) is 12.3 Å². The van der Waals surface area contributed by atoms with Crippen LogP contribution in [0.15, 0.2) is 0 Å². The summed E-state index contributed by atoms with van der Waals surface area (Å²) in [5, 5.41) is 7.71. The minimum atomic E-state index is -3.34. The average Bonchev–Trinajstić information content (AvgIpc) is 2.84. The lowest BCUT2D eigenvalue weighted by atomic mass is 9.80. The van der Waals surface area contributed by atoms with E-state index in [9.17, 15) is 32.8 Å². The molecule has 0 unspecified atom stereocenters. The number of nitrogens with one attached hydrogen (secondary N) is 3.